The van der Waals surface area contributed by atoms with Gasteiger partial charge in [0.05, 0.1) is 10.6 Å². The van der Waals surface area contributed by atoms with E-state index in [1.54, 1.807) is 12.1 Å². The molecule has 3 N–H and O–H groups in total. The van der Waals surface area contributed by atoms with Crippen LogP contribution in [0.5, 0.6) is 0 Å². The number of rotatable bonds is 5. The van der Waals surface area contributed by atoms with Crippen LogP contribution in [0.3, 0.4) is 0 Å². The average molecular weight is 445 g/mol. The van der Waals surface area contributed by atoms with Crippen LogP contribution in [0.15, 0.2) is 23.1 Å². The lowest BCUT2D eigenvalue weighted by Crippen LogP contribution is -2.59. The molecule has 156 valence electrons. The molecule has 5 unspecified atom stereocenters. The van der Waals surface area contributed by atoms with Gasteiger partial charge < -0.3 is 10.4 Å². The van der Waals surface area contributed by atoms with Crippen LogP contribution in [-0.4, -0.2) is 28.2 Å². The Balaban J connectivity index is 1.63. The molecule has 3 rings (SSSR count). The largest absolute Gasteiger partial charge is 0.390 e. The zero-order valence-corrected chi connectivity index (χ0v) is 19.2. The summed E-state index contributed by atoms with van der Waals surface area (Å²) in [6, 6.07) is 5.40. The van der Waals surface area contributed by atoms with Crippen molar-refractivity contribution >= 4 is 41.1 Å². The second-order valence-corrected chi connectivity index (χ2v) is 11.1. The summed E-state index contributed by atoms with van der Waals surface area (Å²) in [5.74, 6) is 1.27. The standard InChI is InChI=1S/C21H30Cl2N2O2S/c1-12-7-13-8-14(11-21(4,27)10-13)18(12)24-19(26)20(2,3)25-28-17-6-5-15(22)9-16(17)23/h5-6,9,12-14,18,25,27H,7-8,10-11H2,1-4H3,(H,24,26). The van der Waals surface area contributed by atoms with Crippen LogP contribution in [0, 0.1) is 17.8 Å². The first-order valence-corrected chi connectivity index (χ1v) is 11.5. The van der Waals surface area contributed by atoms with Crippen molar-refractivity contribution in [2.24, 2.45) is 17.8 Å². The molecule has 7 heteroatoms. The molecule has 0 heterocycles. The van der Waals surface area contributed by atoms with Gasteiger partial charge in [-0.3, -0.25) is 4.79 Å². The van der Waals surface area contributed by atoms with Gasteiger partial charge in [0, 0.05) is 16.0 Å². The van der Waals surface area contributed by atoms with E-state index in [1.807, 2.05) is 26.8 Å². The molecule has 0 spiro atoms. The Hall–Kier alpha value is -0.460. The topological polar surface area (TPSA) is 61.4 Å². The fourth-order valence-corrected chi connectivity index (χ4v) is 6.11. The lowest BCUT2D eigenvalue weighted by molar-refractivity contribution is -0.129. The van der Waals surface area contributed by atoms with E-state index >= 15 is 0 Å². The van der Waals surface area contributed by atoms with E-state index in [0.717, 1.165) is 30.6 Å². The Bertz CT molecular complexity index is 739. The maximum Gasteiger partial charge on any atom is 0.240 e. The summed E-state index contributed by atoms with van der Waals surface area (Å²) < 4.78 is 3.24. The van der Waals surface area contributed by atoms with Crippen LogP contribution in [0.4, 0.5) is 0 Å². The van der Waals surface area contributed by atoms with Crippen molar-refractivity contribution in [3.05, 3.63) is 28.2 Å². The minimum absolute atomic E-state index is 0.0365. The Morgan fingerprint density at radius 2 is 2.00 bits per heavy atom. The highest BCUT2D eigenvalue weighted by Crippen LogP contribution is 2.46. The Morgan fingerprint density at radius 1 is 1.29 bits per heavy atom. The number of hydrogen-bond donors (Lipinski definition) is 3. The molecule has 4 nitrogen and oxygen atoms in total. The van der Waals surface area contributed by atoms with E-state index in [9.17, 15) is 9.90 Å². The minimum Gasteiger partial charge on any atom is -0.390 e. The molecule has 2 fully saturated rings. The van der Waals surface area contributed by atoms with Crippen molar-refractivity contribution in [2.75, 3.05) is 0 Å². The lowest BCUT2D eigenvalue weighted by atomic mass is 9.61. The van der Waals surface area contributed by atoms with Gasteiger partial charge in [0.15, 0.2) is 0 Å². The molecule has 2 bridgehead atoms. The molecule has 2 saturated carbocycles. The number of benzene rings is 1. The van der Waals surface area contributed by atoms with Gasteiger partial charge in [-0.1, -0.05) is 30.1 Å². The number of nitrogens with one attached hydrogen (secondary N) is 2. The van der Waals surface area contributed by atoms with Crippen LogP contribution < -0.4 is 10.0 Å². The second kappa shape index (κ2) is 8.35. The maximum atomic E-state index is 13.1. The Morgan fingerprint density at radius 3 is 2.68 bits per heavy atom. The quantitative estimate of drug-likeness (QED) is 0.555. The third kappa shape index (κ3) is 5.17. The number of carbonyl (C=O) groups is 1. The van der Waals surface area contributed by atoms with Gasteiger partial charge in [-0.15, -0.1) is 0 Å². The summed E-state index contributed by atoms with van der Waals surface area (Å²) in [5, 5.41) is 15.0. The minimum atomic E-state index is -0.776. The summed E-state index contributed by atoms with van der Waals surface area (Å²) >= 11 is 13.5. The monoisotopic (exact) mass is 444 g/mol. The van der Waals surface area contributed by atoms with Gasteiger partial charge in [0.1, 0.15) is 5.54 Å². The fraction of sp³-hybridized carbons (Fsp3) is 0.667. The van der Waals surface area contributed by atoms with E-state index in [-0.39, 0.29) is 11.9 Å². The summed E-state index contributed by atoms with van der Waals surface area (Å²) in [6.07, 6.45) is 3.77. The predicted octanol–water partition coefficient (Wildman–Crippen LogP) is 5.06. The van der Waals surface area contributed by atoms with Crippen molar-refractivity contribution in [1.29, 1.82) is 0 Å². The van der Waals surface area contributed by atoms with Crippen LogP contribution in [0.25, 0.3) is 0 Å². The number of halogens is 2. The highest BCUT2D eigenvalue weighted by molar-refractivity contribution is 7.97. The molecule has 0 saturated heterocycles. The first-order chi connectivity index (χ1) is 13.0. The molecule has 2 aliphatic carbocycles. The smallest absolute Gasteiger partial charge is 0.240 e. The highest BCUT2D eigenvalue weighted by atomic mass is 35.5. The molecule has 28 heavy (non-hydrogen) atoms. The summed E-state index contributed by atoms with van der Waals surface area (Å²) in [4.78, 5) is 13.9. The van der Waals surface area contributed by atoms with Crippen molar-refractivity contribution in [1.82, 2.24) is 10.0 Å². The highest BCUT2D eigenvalue weighted by Gasteiger charge is 2.46. The van der Waals surface area contributed by atoms with Gasteiger partial charge in [0.2, 0.25) is 5.91 Å². The Kier molecular flexibility index (Phi) is 6.63. The molecular formula is C21H30Cl2N2O2S. The normalized spacial score (nSPS) is 32.8. The lowest BCUT2D eigenvalue weighted by Gasteiger charge is -2.49. The molecular weight excluding hydrogens is 415 g/mol. The molecule has 0 aromatic heterocycles. The van der Waals surface area contributed by atoms with Gasteiger partial charge in [0.25, 0.3) is 0 Å². The number of carbonyl (C=O) groups excluding carboxylic acids is 1. The molecule has 1 aromatic rings. The summed E-state index contributed by atoms with van der Waals surface area (Å²) in [6.45, 7) is 7.88. The third-order valence-electron chi connectivity index (χ3n) is 6.07. The van der Waals surface area contributed by atoms with E-state index in [2.05, 4.69) is 17.0 Å². The average Bonchev–Trinajstić information content (AvgIpc) is 2.56. The van der Waals surface area contributed by atoms with Crippen molar-refractivity contribution in [2.45, 2.75) is 75.5 Å². The predicted molar refractivity (Wildman–Crippen MR) is 117 cm³/mol. The molecule has 1 amide bonds. The molecule has 2 aliphatic rings. The number of hydrogen-bond acceptors (Lipinski definition) is 4. The first-order valence-electron chi connectivity index (χ1n) is 9.89. The summed E-state index contributed by atoms with van der Waals surface area (Å²) in [5.41, 5.74) is -1.40. The molecule has 0 aliphatic heterocycles. The van der Waals surface area contributed by atoms with Gasteiger partial charge in [-0.05, 0) is 94.4 Å². The van der Waals surface area contributed by atoms with Gasteiger partial charge >= 0.3 is 0 Å². The maximum absolute atomic E-state index is 13.1. The third-order valence-corrected chi connectivity index (χ3v) is 7.92. The first kappa shape index (κ1) is 22.2. The van der Waals surface area contributed by atoms with Crippen LogP contribution in [0.1, 0.15) is 53.4 Å². The van der Waals surface area contributed by atoms with Crippen LogP contribution >= 0.6 is 35.1 Å². The van der Waals surface area contributed by atoms with Gasteiger partial charge in [-0.2, -0.15) is 0 Å². The number of aliphatic hydroxyl groups is 1. The van der Waals surface area contributed by atoms with Gasteiger partial charge in [-0.25, -0.2) is 4.72 Å². The van der Waals surface area contributed by atoms with E-state index in [4.69, 9.17) is 23.2 Å². The van der Waals surface area contributed by atoms with Crippen molar-refractivity contribution < 1.29 is 9.90 Å². The molecule has 5 atom stereocenters. The number of amides is 1. The van der Waals surface area contributed by atoms with Crippen LogP contribution in [0.2, 0.25) is 10.0 Å². The zero-order chi connectivity index (χ0) is 20.7. The molecule has 1 aromatic carbocycles. The van der Waals surface area contributed by atoms with E-state index < -0.39 is 11.1 Å². The SMILES string of the molecule is CC1CC2CC(CC(C)(O)C2)C1NC(=O)C(C)(C)NSc1ccc(Cl)cc1Cl. The summed E-state index contributed by atoms with van der Waals surface area (Å²) in [7, 11) is 0. The van der Waals surface area contributed by atoms with E-state index in [0.29, 0.717) is 27.8 Å². The van der Waals surface area contributed by atoms with E-state index in [1.165, 1.54) is 11.9 Å². The zero-order valence-electron chi connectivity index (χ0n) is 16.9. The fourth-order valence-electron chi connectivity index (χ4n) is 4.83. The number of fused-ring (bicyclic) bond motifs is 2. The van der Waals surface area contributed by atoms with Crippen molar-refractivity contribution in [3.8, 4) is 0 Å². The molecule has 0 radical (unpaired) electrons. The van der Waals surface area contributed by atoms with Crippen molar-refractivity contribution in [3.63, 3.8) is 0 Å². The van der Waals surface area contributed by atoms with Crippen LogP contribution in [-0.2, 0) is 4.79 Å². The Labute approximate surface area is 182 Å². The second-order valence-electron chi connectivity index (χ2n) is 9.38.